The van der Waals surface area contributed by atoms with Crippen molar-refractivity contribution in [2.75, 3.05) is 0 Å². The van der Waals surface area contributed by atoms with E-state index in [1.54, 1.807) is 0 Å². The van der Waals surface area contributed by atoms with Gasteiger partial charge in [-0.2, -0.15) is 5.10 Å². The largest absolute Gasteiger partial charge is 0.480 e. The summed E-state index contributed by atoms with van der Waals surface area (Å²) in [7, 11) is 1.51. The maximum absolute atomic E-state index is 12.5. The minimum Gasteiger partial charge on any atom is -0.480 e. The van der Waals surface area contributed by atoms with Crippen molar-refractivity contribution in [2.45, 2.75) is 18.9 Å². The second-order valence-corrected chi connectivity index (χ2v) is 5.36. The van der Waals surface area contributed by atoms with Crippen LogP contribution in [-0.4, -0.2) is 44.2 Å². The molecule has 9 nitrogen and oxygen atoms in total. The Hall–Kier alpha value is -3.37. The van der Waals surface area contributed by atoms with Gasteiger partial charge in [-0.25, -0.2) is 13.6 Å². The molecule has 1 amide bonds. The number of benzene rings is 1. The smallest absolute Gasteiger partial charge is 0.326 e. The number of amides is 1. The number of nitrogens with one attached hydrogen (secondary N) is 1. The Morgan fingerprint density at radius 3 is 2.46 bits per heavy atom. The minimum atomic E-state index is -2.90. The van der Waals surface area contributed by atoms with Crippen LogP contribution >= 0.6 is 0 Å². The second kappa shape index (κ2) is 7.68. The molecule has 1 aromatic heterocycles. The van der Waals surface area contributed by atoms with Gasteiger partial charge in [0.25, 0.3) is 11.6 Å². The number of alkyl halides is 2. The van der Waals surface area contributed by atoms with Crippen LogP contribution in [0.25, 0.3) is 11.3 Å². The molecule has 0 bridgehead atoms. The third-order valence-corrected chi connectivity index (χ3v) is 3.44. The monoisotopic (exact) mass is 368 g/mol. The van der Waals surface area contributed by atoms with E-state index in [2.05, 4.69) is 5.10 Å². The summed E-state index contributed by atoms with van der Waals surface area (Å²) < 4.78 is 26.2. The average molecular weight is 368 g/mol. The van der Waals surface area contributed by atoms with Gasteiger partial charge < -0.3 is 10.4 Å². The molecule has 1 aromatic carbocycles. The van der Waals surface area contributed by atoms with Crippen LogP contribution in [0.4, 0.5) is 14.5 Å². The summed E-state index contributed by atoms with van der Waals surface area (Å²) in [4.78, 5) is 33.5. The number of rotatable bonds is 7. The number of carbonyl (C=O) groups is 2. The molecule has 0 aliphatic heterocycles. The SMILES string of the molecule is Cn1cc(C(=O)NC(CC(F)F)C(=O)O)c(-c2ccc([N+](=O)[O-])cc2)n1. The summed E-state index contributed by atoms with van der Waals surface area (Å²) in [5, 5.41) is 25.8. The Morgan fingerprint density at radius 1 is 1.35 bits per heavy atom. The molecular formula is C15H14F2N4O5. The first-order valence-electron chi connectivity index (χ1n) is 7.29. The molecule has 1 atom stereocenters. The molecule has 2 aromatic rings. The van der Waals surface area contributed by atoms with E-state index < -0.39 is 35.7 Å². The standard InChI is InChI=1S/C15H14F2N4O5/c1-20-7-10(14(22)18-11(15(23)24)6-12(16)17)13(19-20)8-2-4-9(5-3-8)21(25)26/h2-5,7,11-12H,6H2,1H3,(H,18,22)(H,23,24). The van der Waals surface area contributed by atoms with Gasteiger partial charge in [0, 0.05) is 37.4 Å². The van der Waals surface area contributed by atoms with Crippen LogP contribution in [0.3, 0.4) is 0 Å². The summed E-state index contributed by atoms with van der Waals surface area (Å²) in [5.74, 6) is -2.47. The van der Waals surface area contributed by atoms with Gasteiger partial charge in [-0.05, 0) is 12.1 Å². The van der Waals surface area contributed by atoms with Crippen molar-refractivity contribution in [3.05, 3.63) is 46.1 Å². The normalized spacial score (nSPS) is 12.0. The summed E-state index contributed by atoms with van der Waals surface area (Å²) in [5.41, 5.74) is 0.323. The molecular weight excluding hydrogens is 354 g/mol. The lowest BCUT2D eigenvalue weighted by Crippen LogP contribution is -2.42. The van der Waals surface area contributed by atoms with E-state index in [4.69, 9.17) is 5.11 Å². The van der Waals surface area contributed by atoms with Gasteiger partial charge in [0.2, 0.25) is 6.43 Å². The van der Waals surface area contributed by atoms with Crippen molar-refractivity contribution in [2.24, 2.45) is 7.05 Å². The van der Waals surface area contributed by atoms with Crippen molar-refractivity contribution in [3.8, 4) is 11.3 Å². The summed E-state index contributed by atoms with van der Waals surface area (Å²) in [6.07, 6.45) is -2.64. The fourth-order valence-electron chi connectivity index (χ4n) is 2.24. The number of aromatic nitrogens is 2. The number of nitro groups is 1. The van der Waals surface area contributed by atoms with Gasteiger partial charge in [-0.3, -0.25) is 19.6 Å². The van der Waals surface area contributed by atoms with Crippen molar-refractivity contribution in [3.63, 3.8) is 0 Å². The Morgan fingerprint density at radius 2 is 1.96 bits per heavy atom. The number of halogens is 2. The zero-order valence-electron chi connectivity index (χ0n) is 13.4. The van der Waals surface area contributed by atoms with Gasteiger partial charge in [0.1, 0.15) is 11.7 Å². The van der Waals surface area contributed by atoms with Crippen LogP contribution in [0.2, 0.25) is 0 Å². The minimum absolute atomic E-state index is 0.0399. The van der Waals surface area contributed by atoms with Crippen LogP contribution < -0.4 is 5.32 Å². The predicted octanol–water partition coefficient (Wildman–Crippen LogP) is 1.83. The Labute approximate surface area is 145 Å². The van der Waals surface area contributed by atoms with E-state index in [0.29, 0.717) is 5.56 Å². The molecule has 1 unspecified atom stereocenters. The molecule has 2 rings (SSSR count). The fraction of sp³-hybridized carbons (Fsp3) is 0.267. The summed E-state index contributed by atoms with van der Waals surface area (Å²) >= 11 is 0. The quantitative estimate of drug-likeness (QED) is 0.567. The number of aryl methyl sites for hydroxylation is 1. The maximum atomic E-state index is 12.5. The molecule has 0 aliphatic rings. The van der Waals surface area contributed by atoms with Crippen LogP contribution in [0.1, 0.15) is 16.8 Å². The topological polar surface area (TPSA) is 127 Å². The van der Waals surface area contributed by atoms with Crippen LogP contribution in [0, 0.1) is 10.1 Å². The second-order valence-electron chi connectivity index (χ2n) is 5.36. The van der Waals surface area contributed by atoms with Crippen molar-refractivity contribution in [1.29, 1.82) is 0 Å². The molecule has 0 saturated carbocycles. The maximum Gasteiger partial charge on any atom is 0.326 e. The van der Waals surface area contributed by atoms with Gasteiger partial charge >= 0.3 is 5.97 Å². The molecule has 138 valence electrons. The van der Waals surface area contributed by atoms with Crippen LogP contribution in [0.5, 0.6) is 0 Å². The number of carbonyl (C=O) groups excluding carboxylic acids is 1. The first-order chi connectivity index (χ1) is 12.2. The average Bonchev–Trinajstić information content (AvgIpc) is 2.95. The predicted molar refractivity (Wildman–Crippen MR) is 84.8 cm³/mol. The van der Waals surface area contributed by atoms with Crippen molar-refractivity contribution < 1.29 is 28.4 Å². The number of non-ortho nitro benzene ring substituents is 1. The molecule has 0 saturated heterocycles. The number of nitro benzene ring substituents is 1. The van der Waals surface area contributed by atoms with Crippen LogP contribution in [-0.2, 0) is 11.8 Å². The van der Waals surface area contributed by atoms with Gasteiger partial charge in [-0.1, -0.05) is 0 Å². The molecule has 0 spiro atoms. The van der Waals surface area contributed by atoms with E-state index in [1.807, 2.05) is 5.32 Å². The lowest BCUT2D eigenvalue weighted by molar-refractivity contribution is -0.384. The first kappa shape index (κ1) is 19.0. The van der Waals surface area contributed by atoms with Crippen molar-refractivity contribution in [1.82, 2.24) is 15.1 Å². The van der Waals surface area contributed by atoms with E-state index in [1.165, 1.54) is 42.2 Å². The third-order valence-electron chi connectivity index (χ3n) is 3.44. The highest BCUT2D eigenvalue weighted by molar-refractivity contribution is 6.01. The van der Waals surface area contributed by atoms with E-state index in [0.717, 1.165) is 0 Å². The summed E-state index contributed by atoms with van der Waals surface area (Å²) in [6, 6.07) is 3.45. The fourth-order valence-corrected chi connectivity index (χ4v) is 2.24. The van der Waals surface area contributed by atoms with Crippen molar-refractivity contribution >= 4 is 17.6 Å². The molecule has 0 aliphatic carbocycles. The lowest BCUT2D eigenvalue weighted by Gasteiger charge is -2.13. The Kier molecular flexibility index (Phi) is 5.60. The van der Waals surface area contributed by atoms with Gasteiger partial charge in [-0.15, -0.1) is 0 Å². The van der Waals surface area contributed by atoms with E-state index in [-0.39, 0.29) is 16.9 Å². The highest BCUT2D eigenvalue weighted by Crippen LogP contribution is 2.24. The number of hydrogen-bond donors (Lipinski definition) is 2. The van der Waals surface area contributed by atoms with Crippen LogP contribution in [0.15, 0.2) is 30.5 Å². The lowest BCUT2D eigenvalue weighted by atomic mass is 10.1. The zero-order chi connectivity index (χ0) is 19.4. The highest BCUT2D eigenvalue weighted by Gasteiger charge is 2.27. The Balaban J connectivity index is 2.31. The third kappa shape index (κ3) is 4.37. The number of nitrogens with zero attached hydrogens (tertiary/aromatic N) is 3. The highest BCUT2D eigenvalue weighted by atomic mass is 19.3. The summed E-state index contributed by atoms with van der Waals surface area (Å²) in [6.45, 7) is 0. The number of carboxylic acid groups (broad SMARTS) is 1. The first-order valence-corrected chi connectivity index (χ1v) is 7.29. The molecule has 0 fully saturated rings. The Bertz CT molecular complexity index is 835. The van der Waals surface area contributed by atoms with E-state index >= 15 is 0 Å². The number of hydrogen-bond acceptors (Lipinski definition) is 5. The molecule has 0 radical (unpaired) electrons. The number of aliphatic carboxylic acids is 1. The molecule has 26 heavy (non-hydrogen) atoms. The molecule has 2 N–H and O–H groups in total. The van der Waals surface area contributed by atoms with Gasteiger partial charge in [0.05, 0.1) is 10.5 Å². The number of carboxylic acids is 1. The zero-order valence-corrected chi connectivity index (χ0v) is 13.4. The van der Waals surface area contributed by atoms with E-state index in [9.17, 15) is 28.5 Å². The van der Waals surface area contributed by atoms with Gasteiger partial charge in [0.15, 0.2) is 0 Å². The molecule has 1 heterocycles. The molecule has 11 heteroatoms.